The molecule has 1 atom stereocenters. The third kappa shape index (κ3) is 4.81. The number of H-pyrrole nitrogens is 1. The van der Waals surface area contributed by atoms with Gasteiger partial charge in [0.15, 0.2) is 0 Å². The van der Waals surface area contributed by atoms with Crippen LogP contribution in [0.25, 0.3) is 10.9 Å². The van der Waals surface area contributed by atoms with Gasteiger partial charge < -0.3 is 25.0 Å². The summed E-state index contributed by atoms with van der Waals surface area (Å²) in [6.45, 7) is 2.31. The number of nitrogens with one attached hydrogen (secondary N) is 2. The van der Waals surface area contributed by atoms with E-state index in [1.807, 2.05) is 31.2 Å². The lowest BCUT2D eigenvalue weighted by Gasteiger charge is -2.49. The summed E-state index contributed by atoms with van der Waals surface area (Å²) in [7, 11) is -2.12. The number of aryl methyl sites for hydroxylation is 1. The van der Waals surface area contributed by atoms with E-state index in [1.54, 1.807) is 36.3 Å². The van der Waals surface area contributed by atoms with Gasteiger partial charge in [-0.2, -0.15) is 4.31 Å². The molecule has 4 aromatic rings. The smallest absolute Gasteiger partial charge is 0.322 e. The molecule has 11 heteroatoms. The minimum Gasteiger partial charge on any atom is -0.497 e. The number of ether oxygens (including phenoxy) is 1. The van der Waals surface area contributed by atoms with Crippen molar-refractivity contribution in [2.75, 3.05) is 38.7 Å². The second-order valence-corrected chi connectivity index (χ2v) is 13.0. The Labute approximate surface area is 244 Å². The average molecular weight is 593 g/mol. The molecule has 220 valence electrons. The van der Waals surface area contributed by atoms with Gasteiger partial charge in [0.2, 0.25) is 10.0 Å². The van der Waals surface area contributed by atoms with Gasteiger partial charge in [-0.1, -0.05) is 18.2 Å². The fraction of sp³-hybridized carbons (Fsp3) is 0.323. The molecule has 2 aliphatic rings. The van der Waals surface area contributed by atoms with Gasteiger partial charge in [-0.3, -0.25) is 0 Å². The van der Waals surface area contributed by atoms with Gasteiger partial charge in [-0.05, 0) is 73.4 Å². The molecule has 0 unspecified atom stereocenters. The highest BCUT2D eigenvalue weighted by Crippen LogP contribution is 2.49. The van der Waals surface area contributed by atoms with Gasteiger partial charge in [0.25, 0.3) is 0 Å². The van der Waals surface area contributed by atoms with Crippen molar-refractivity contribution in [2.24, 2.45) is 0 Å². The Morgan fingerprint density at radius 1 is 1.12 bits per heavy atom. The number of nitrogens with zero attached hydrogens (tertiary/aromatic N) is 2. The Kier molecular flexibility index (Phi) is 7.20. The number of benzene rings is 3. The van der Waals surface area contributed by atoms with Crippen molar-refractivity contribution in [3.63, 3.8) is 0 Å². The molecule has 2 aliphatic heterocycles. The third-order valence-electron chi connectivity index (χ3n) is 8.56. The summed E-state index contributed by atoms with van der Waals surface area (Å²) in [5.74, 6) is 0.186. The van der Waals surface area contributed by atoms with E-state index in [2.05, 4.69) is 10.3 Å². The van der Waals surface area contributed by atoms with Crippen molar-refractivity contribution in [2.45, 2.75) is 36.1 Å². The first-order valence-corrected chi connectivity index (χ1v) is 15.3. The zero-order valence-electron chi connectivity index (χ0n) is 23.4. The minimum atomic E-state index is -3.70. The van der Waals surface area contributed by atoms with E-state index < -0.39 is 33.3 Å². The number of rotatable bonds is 5. The molecule has 6 rings (SSSR count). The van der Waals surface area contributed by atoms with E-state index >= 15 is 0 Å². The molecule has 1 fully saturated rings. The molecular weight excluding hydrogens is 559 g/mol. The Bertz CT molecular complexity index is 1760. The molecular formula is C31H33FN4O5S. The number of aromatic amines is 1. The second-order valence-electron chi connectivity index (χ2n) is 11.1. The van der Waals surface area contributed by atoms with Gasteiger partial charge in [0, 0.05) is 53.4 Å². The molecule has 0 aliphatic carbocycles. The molecule has 3 N–H and O–H groups in total. The molecule has 1 aromatic heterocycles. The molecule has 2 amide bonds. The molecule has 42 heavy (non-hydrogen) atoms. The summed E-state index contributed by atoms with van der Waals surface area (Å²) in [6.07, 6.45) is 0.928. The number of carbonyl (C=O) groups excluding carboxylic acids is 1. The van der Waals surface area contributed by atoms with E-state index in [4.69, 9.17) is 4.74 Å². The maximum atomic E-state index is 13.9. The van der Waals surface area contributed by atoms with Crippen molar-refractivity contribution in [3.05, 3.63) is 89.4 Å². The summed E-state index contributed by atoms with van der Waals surface area (Å²) in [6, 6.07) is 17.1. The van der Waals surface area contributed by atoms with Gasteiger partial charge in [0.05, 0.1) is 24.7 Å². The number of anilines is 1. The number of hydrogen-bond acceptors (Lipinski definition) is 5. The van der Waals surface area contributed by atoms with Crippen LogP contribution in [0.15, 0.2) is 71.6 Å². The third-order valence-corrected chi connectivity index (χ3v) is 10.5. The largest absolute Gasteiger partial charge is 0.497 e. The predicted molar refractivity (Wildman–Crippen MR) is 158 cm³/mol. The fourth-order valence-electron chi connectivity index (χ4n) is 6.47. The predicted octanol–water partition coefficient (Wildman–Crippen LogP) is 4.93. The van der Waals surface area contributed by atoms with Crippen molar-refractivity contribution < 1.29 is 27.4 Å². The highest BCUT2D eigenvalue weighted by Gasteiger charge is 2.50. The van der Waals surface area contributed by atoms with Crippen LogP contribution in [0.2, 0.25) is 0 Å². The first kappa shape index (κ1) is 28.2. The zero-order valence-corrected chi connectivity index (χ0v) is 24.2. The van der Waals surface area contributed by atoms with E-state index in [9.17, 15) is 22.7 Å². The number of aromatic nitrogens is 1. The molecule has 3 heterocycles. The van der Waals surface area contributed by atoms with Crippen LogP contribution >= 0.6 is 0 Å². The van der Waals surface area contributed by atoms with Crippen LogP contribution in [0, 0.1) is 12.7 Å². The maximum Gasteiger partial charge on any atom is 0.322 e. The molecule has 1 spiro atoms. The topological polar surface area (TPSA) is 115 Å². The van der Waals surface area contributed by atoms with Crippen molar-refractivity contribution >= 4 is 32.6 Å². The number of aliphatic hydroxyl groups excluding tert-OH is 1. The summed E-state index contributed by atoms with van der Waals surface area (Å²) >= 11 is 0. The number of hydrogen-bond donors (Lipinski definition) is 3. The lowest BCUT2D eigenvalue weighted by atomic mass is 9.68. The van der Waals surface area contributed by atoms with Crippen LogP contribution in [-0.4, -0.2) is 67.1 Å². The van der Waals surface area contributed by atoms with E-state index in [0.29, 0.717) is 30.0 Å². The number of halogens is 1. The second kappa shape index (κ2) is 10.7. The van der Waals surface area contributed by atoms with Gasteiger partial charge in [-0.15, -0.1) is 0 Å². The summed E-state index contributed by atoms with van der Waals surface area (Å²) in [4.78, 5) is 19.0. The Morgan fingerprint density at radius 2 is 1.88 bits per heavy atom. The summed E-state index contributed by atoms with van der Waals surface area (Å²) in [5.41, 5.74) is 3.08. The van der Waals surface area contributed by atoms with Crippen molar-refractivity contribution in [1.29, 1.82) is 0 Å². The number of carbonyl (C=O) groups is 1. The maximum absolute atomic E-state index is 13.9. The first-order chi connectivity index (χ1) is 20.1. The van der Waals surface area contributed by atoms with Crippen molar-refractivity contribution in [1.82, 2.24) is 14.2 Å². The van der Waals surface area contributed by atoms with Crippen LogP contribution in [0.3, 0.4) is 0 Å². The zero-order chi connectivity index (χ0) is 29.6. The van der Waals surface area contributed by atoms with Crippen LogP contribution in [0.1, 0.15) is 35.7 Å². The van der Waals surface area contributed by atoms with Gasteiger partial charge >= 0.3 is 6.03 Å². The number of sulfonamides is 1. The number of aliphatic hydroxyl groups is 1. The van der Waals surface area contributed by atoms with E-state index in [-0.39, 0.29) is 31.1 Å². The number of urea groups is 1. The fourth-order valence-corrected chi connectivity index (χ4v) is 8.02. The molecule has 0 radical (unpaired) electrons. The molecule has 1 saturated heterocycles. The minimum absolute atomic E-state index is 0.254. The first-order valence-electron chi connectivity index (χ1n) is 13.9. The Morgan fingerprint density at radius 3 is 2.57 bits per heavy atom. The quantitative estimate of drug-likeness (QED) is 0.304. The molecule has 0 bridgehead atoms. The summed E-state index contributed by atoms with van der Waals surface area (Å²) < 4.78 is 47.9. The van der Waals surface area contributed by atoms with E-state index in [0.717, 1.165) is 22.0 Å². The average Bonchev–Trinajstić information content (AvgIpc) is 3.37. The van der Waals surface area contributed by atoms with Gasteiger partial charge in [0.1, 0.15) is 11.6 Å². The molecule has 0 saturated carbocycles. The highest BCUT2D eigenvalue weighted by molar-refractivity contribution is 7.89. The number of fused-ring (bicyclic) bond motifs is 4. The molecule has 3 aromatic carbocycles. The van der Waals surface area contributed by atoms with Crippen LogP contribution in [-0.2, 0) is 15.4 Å². The highest BCUT2D eigenvalue weighted by atomic mass is 32.2. The lowest BCUT2D eigenvalue weighted by molar-refractivity contribution is 0.0860. The van der Waals surface area contributed by atoms with Crippen molar-refractivity contribution in [3.8, 4) is 5.75 Å². The number of amides is 2. The standard InChI is InChI=1S/C31H33FN4O5S/c1-20-5-3-8-24(15-20)42(39,40)35-13-11-31(12-14-35)19-36(30(38)33-22-7-4-6-21(32)16-22)27(18-37)29-28(31)25-10-9-23(41-2)17-26(25)34-29/h3-10,15-17,27,34,37H,11-14,18-19H2,1-2H3,(H,33,38)/t27-/m1/s1. The normalized spacial score (nSPS) is 18.7. The van der Waals surface area contributed by atoms with Gasteiger partial charge in [-0.25, -0.2) is 17.6 Å². The van der Waals surface area contributed by atoms with E-state index in [1.165, 1.54) is 22.5 Å². The summed E-state index contributed by atoms with van der Waals surface area (Å²) in [5, 5.41) is 14.3. The SMILES string of the molecule is COc1ccc2c3c([nH]c2c1)[C@@H](CO)N(C(=O)Nc1cccc(F)c1)CC31CCN(S(=O)(=O)c2cccc(C)c2)CC1. The molecule has 9 nitrogen and oxygen atoms in total. The van der Waals surface area contributed by atoms with Crippen LogP contribution in [0.4, 0.5) is 14.9 Å². The number of methoxy groups -OCH3 is 1. The van der Waals surface area contributed by atoms with Crippen LogP contribution < -0.4 is 10.1 Å². The Balaban J connectivity index is 1.39. The van der Waals surface area contributed by atoms with Crippen LogP contribution in [0.5, 0.6) is 5.75 Å². The number of piperidine rings is 1. The lowest BCUT2D eigenvalue weighted by Crippen LogP contribution is -2.56. The Hall–Kier alpha value is -3.93. The monoisotopic (exact) mass is 592 g/mol.